The average molecular weight is 416 g/mol. The molecule has 0 fully saturated rings. The maximum atomic E-state index is 12.3. The first-order valence-electron chi connectivity index (χ1n) is 9.64. The minimum absolute atomic E-state index is 0.406. The molecule has 156 valence electrons. The minimum atomic E-state index is -0.807. The van der Waals surface area contributed by atoms with Crippen LogP contribution in [0.2, 0.25) is 0 Å². The molecule has 2 aromatic heterocycles. The SMILES string of the molecule is Cc1cc(=O)oc2cc(O[C@H](C)C(=O)N/N=C\c3cnn(-c4ccccc4)c3)ccc12. The van der Waals surface area contributed by atoms with Gasteiger partial charge in [0.05, 0.1) is 18.1 Å². The molecule has 4 aromatic rings. The maximum Gasteiger partial charge on any atom is 0.336 e. The molecule has 0 bridgehead atoms. The average Bonchev–Trinajstić information content (AvgIpc) is 3.23. The van der Waals surface area contributed by atoms with Crippen molar-refractivity contribution in [3.63, 3.8) is 0 Å². The van der Waals surface area contributed by atoms with Crippen molar-refractivity contribution in [3.8, 4) is 11.4 Å². The van der Waals surface area contributed by atoms with Crippen molar-refractivity contribution in [2.45, 2.75) is 20.0 Å². The lowest BCUT2D eigenvalue weighted by Gasteiger charge is -2.13. The first-order valence-corrected chi connectivity index (χ1v) is 9.64. The van der Waals surface area contributed by atoms with Crippen LogP contribution in [0.3, 0.4) is 0 Å². The van der Waals surface area contributed by atoms with Crippen LogP contribution in [0.5, 0.6) is 5.75 Å². The zero-order valence-electron chi connectivity index (χ0n) is 17.0. The Labute approximate surface area is 177 Å². The number of para-hydroxylation sites is 1. The van der Waals surface area contributed by atoms with Crippen molar-refractivity contribution in [1.29, 1.82) is 0 Å². The molecule has 0 radical (unpaired) electrons. The molecule has 0 aliphatic rings. The van der Waals surface area contributed by atoms with Gasteiger partial charge in [0.2, 0.25) is 0 Å². The van der Waals surface area contributed by atoms with Gasteiger partial charge in [-0.3, -0.25) is 4.79 Å². The van der Waals surface area contributed by atoms with Gasteiger partial charge in [-0.25, -0.2) is 14.9 Å². The van der Waals surface area contributed by atoms with Crippen molar-refractivity contribution >= 4 is 23.1 Å². The highest BCUT2D eigenvalue weighted by Crippen LogP contribution is 2.23. The van der Waals surface area contributed by atoms with Crippen LogP contribution >= 0.6 is 0 Å². The molecule has 0 spiro atoms. The lowest BCUT2D eigenvalue weighted by atomic mass is 10.1. The van der Waals surface area contributed by atoms with E-state index in [1.54, 1.807) is 42.2 Å². The number of benzene rings is 2. The first kappa shape index (κ1) is 20.1. The van der Waals surface area contributed by atoms with Crippen LogP contribution in [0.25, 0.3) is 16.7 Å². The summed E-state index contributed by atoms with van der Waals surface area (Å²) in [4.78, 5) is 23.9. The molecule has 0 saturated heterocycles. The fourth-order valence-electron chi connectivity index (χ4n) is 3.02. The van der Waals surface area contributed by atoms with E-state index in [4.69, 9.17) is 9.15 Å². The topological polar surface area (TPSA) is 98.7 Å². The van der Waals surface area contributed by atoms with Gasteiger partial charge in [0, 0.05) is 29.3 Å². The number of rotatable bonds is 6. The van der Waals surface area contributed by atoms with Gasteiger partial charge in [-0.15, -0.1) is 0 Å². The predicted molar refractivity (Wildman–Crippen MR) is 117 cm³/mol. The summed E-state index contributed by atoms with van der Waals surface area (Å²) in [5.74, 6) is -0.00508. The third-order valence-corrected chi connectivity index (χ3v) is 4.62. The monoisotopic (exact) mass is 416 g/mol. The van der Waals surface area contributed by atoms with Gasteiger partial charge in [0.25, 0.3) is 5.91 Å². The summed E-state index contributed by atoms with van der Waals surface area (Å²) in [7, 11) is 0. The van der Waals surface area contributed by atoms with Crippen molar-refractivity contribution in [2.24, 2.45) is 5.10 Å². The summed E-state index contributed by atoms with van der Waals surface area (Å²) in [6.07, 6.45) is 4.14. The number of nitrogens with zero attached hydrogens (tertiary/aromatic N) is 3. The fraction of sp³-hybridized carbons (Fsp3) is 0.130. The number of hydrogen-bond donors (Lipinski definition) is 1. The molecule has 1 atom stereocenters. The summed E-state index contributed by atoms with van der Waals surface area (Å²) >= 11 is 0. The number of hydrogen-bond acceptors (Lipinski definition) is 6. The third kappa shape index (κ3) is 4.69. The molecule has 1 N–H and O–H groups in total. The van der Waals surface area contributed by atoms with Crippen LogP contribution in [0.1, 0.15) is 18.1 Å². The Hall–Kier alpha value is -4.20. The van der Waals surface area contributed by atoms with Crippen LogP contribution in [0, 0.1) is 6.92 Å². The number of nitrogens with one attached hydrogen (secondary N) is 1. The van der Waals surface area contributed by atoms with Crippen LogP contribution in [-0.2, 0) is 4.79 Å². The molecule has 0 unspecified atom stereocenters. The Balaban J connectivity index is 1.37. The van der Waals surface area contributed by atoms with E-state index in [2.05, 4.69) is 15.6 Å². The molecular weight excluding hydrogens is 396 g/mol. The highest BCUT2D eigenvalue weighted by atomic mass is 16.5. The minimum Gasteiger partial charge on any atom is -0.481 e. The molecule has 31 heavy (non-hydrogen) atoms. The van der Waals surface area contributed by atoms with Gasteiger partial charge in [-0.2, -0.15) is 10.2 Å². The van der Waals surface area contributed by atoms with E-state index in [1.165, 1.54) is 12.3 Å². The van der Waals surface area contributed by atoms with Crippen LogP contribution in [-0.4, -0.2) is 28.0 Å². The molecule has 0 aliphatic heterocycles. The van der Waals surface area contributed by atoms with E-state index >= 15 is 0 Å². The largest absolute Gasteiger partial charge is 0.481 e. The quantitative estimate of drug-likeness (QED) is 0.296. The van der Waals surface area contributed by atoms with Gasteiger partial charge >= 0.3 is 5.63 Å². The van der Waals surface area contributed by atoms with E-state index in [-0.39, 0.29) is 0 Å². The zero-order valence-corrected chi connectivity index (χ0v) is 17.0. The zero-order chi connectivity index (χ0) is 21.8. The van der Waals surface area contributed by atoms with E-state index < -0.39 is 17.6 Å². The molecule has 4 rings (SSSR count). The molecule has 2 heterocycles. The predicted octanol–water partition coefficient (Wildman–Crippen LogP) is 3.20. The number of aryl methyl sites for hydroxylation is 1. The Morgan fingerprint density at radius 3 is 2.84 bits per heavy atom. The van der Waals surface area contributed by atoms with Gasteiger partial charge in [-0.05, 0) is 43.7 Å². The number of fused-ring (bicyclic) bond motifs is 1. The molecule has 2 aromatic carbocycles. The number of hydrazone groups is 1. The molecule has 0 aliphatic carbocycles. The summed E-state index contributed by atoms with van der Waals surface area (Å²) in [6.45, 7) is 3.44. The van der Waals surface area contributed by atoms with E-state index in [1.807, 2.05) is 37.3 Å². The van der Waals surface area contributed by atoms with Crippen molar-refractivity contribution < 1.29 is 13.9 Å². The first-order chi connectivity index (χ1) is 15.0. The lowest BCUT2D eigenvalue weighted by Crippen LogP contribution is -2.33. The molecule has 8 nitrogen and oxygen atoms in total. The number of carbonyl (C=O) groups excluding carboxylic acids is 1. The van der Waals surface area contributed by atoms with E-state index in [9.17, 15) is 9.59 Å². The second-order valence-corrected chi connectivity index (χ2v) is 6.95. The molecule has 1 amide bonds. The standard InChI is InChI=1S/C23H20N4O4/c1-15-10-22(28)31-21-11-19(8-9-20(15)21)30-16(2)23(29)26-24-12-17-13-25-27(14-17)18-6-4-3-5-7-18/h3-14,16H,1-2H3,(H,26,29)/b24-12-/t16-/m1/s1. The maximum absolute atomic E-state index is 12.3. The molecule has 8 heteroatoms. The Kier molecular flexibility index (Phi) is 5.61. The van der Waals surface area contributed by atoms with Crippen LogP contribution < -0.4 is 15.8 Å². The Bertz CT molecular complexity index is 1310. The third-order valence-electron chi connectivity index (χ3n) is 4.62. The summed E-state index contributed by atoms with van der Waals surface area (Å²) in [5.41, 5.74) is 4.90. The van der Waals surface area contributed by atoms with Gasteiger partial charge in [0.15, 0.2) is 6.10 Å². The smallest absolute Gasteiger partial charge is 0.336 e. The van der Waals surface area contributed by atoms with E-state index in [0.717, 1.165) is 22.2 Å². The van der Waals surface area contributed by atoms with Gasteiger partial charge in [-0.1, -0.05) is 18.2 Å². The fourth-order valence-corrected chi connectivity index (χ4v) is 3.02. The summed E-state index contributed by atoms with van der Waals surface area (Å²) in [6, 6.07) is 16.2. The Morgan fingerprint density at radius 2 is 2.03 bits per heavy atom. The van der Waals surface area contributed by atoms with Crippen LogP contribution in [0.15, 0.2) is 81.3 Å². The highest BCUT2D eigenvalue weighted by molar-refractivity contribution is 5.84. The summed E-state index contributed by atoms with van der Waals surface area (Å²) in [5, 5.41) is 9.05. The van der Waals surface area contributed by atoms with Crippen molar-refractivity contribution in [3.05, 3.63) is 88.5 Å². The lowest BCUT2D eigenvalue weighted by molar-refractivity contribution is -0.127. The number of ether oxygens (including phenoxy) is 1. The van der Waals surface area contributed by atoms with Gasteiger partial charge < -0.3 is 9.15 Å². The normalized spacial score (nSPS) is 12.2. The summed E-state index contributed by atoms with van der Waals surface area (Å²) < 4.78 is 12.6. The number of aromatic nitrogens is 2. The van der Waals surface area contributed by atoms with Gasteiger partial charge in [0.1, 0.15) is 11.3 Å². The Morgan fingerprint density at radius 1 is 1.23 bits per heavy atom. The van der Waals surface area contributed by atoms with Crippen LogP contribution in [0.4, 0.5) is 0 Å². The number of amides is 1. The molecular formula is C23H20N4O4. The number of carbonyl (C=O) groups is 1. The second kappa shape index (κ2) is 8.66. The van der Waals surface area contributed by atoms with Crippen molar-refractivity contribution in [1.82, 2.24) is 15.2 Å². The van der Waals surface area contributed by atoms with Crippen molar-refractivity contribution in [2.75, 3.05) is 0 Å². The van der Waals surface area contributed by atoms with E-state index in [0.29, 0.717) is 11.3 Å². The highest BCUT2D eigenvalue weighted by Gasteiger charge is 2.15. The second-order valence-electron chi connectivity index (χ2n) is 6.95. The molecule has 0 saturated carbocycles.